The molecule has 112 valence electrons. The van der Waals surface area contributed by atoms with Crippen molar-refractivity contribution in [1.29, 1.82) is 0 Å². The third-order valence-electron chi connectivity index (χ3n) is 2.86. The number of benzene rings is 1. The van der Waals surface area contributed by atoms with E-state index in [2.05, 4.69) is 5.32 Å². The zero-order valence-electron chi connectivity index (χ0n) is 12.0. The van der Waals surface area contributed by atoms with Gasteiger partial charge in [-0.3, -0.25) is 4.79 Å². The first-order valence-electron chi connectivity index (χ1n) is 6.46. The van der Waals surface area contributed by atoms with Crippen LogP contribution < -0.4 is 5.32 Å². The Balaban J connectivity index is 2.77. The van der Waals surface area contributed by atoms with E-state index in [1.54, 1.807) is 0 Å². The summed E-state index contributed by atoms with van der Waals surface area (Å²) < 4.78 is 22.7. The SMILES string of the molecule is CC(C)CC(CO)NC(=O)c1ccc(S(C)(=O)=O)cc1. The maximum Gasteiger partial charge on any atom is 0.251 e. The minimum atomic E-state index is -3.26. The van der Waals surface area contributed by atoms with Crippen LogP contribution in [-0.4, -0.2) is 38.3 Å². The molecule has 0 saturated carbocycles. The zero-order chi connectivity index (χ0) is 15.3. The summed E-state index contributed by atoms with van der Waals surface area (Å²) in [6.45, 7) is 3.90. The third kappa shape index (κ3) is 4.94. The average molecular weight is 299 g/mol. The van der Waals surface area contributed by atoms with Crippen molar-refractivity contribution in [2.75, 3.05) is 12.9 Å². The van der Waals surface area contributed by atoms with Gasteiger partial charge in [-0.05, 0) is 36.6 Å². The first-order valence-corrected chi connectivity index (χ1v) is 8.35. The van der Waals surface area contributed by atoms with Crippen LogP contribution in [0.1, 0.15) is 30.6 Å². The van der Waals surface area contributed by atoms with E-state index in [1.165, 1.54) is 24.3 Å². The number of sulfone groups is 1. The van der Waals surface area contributed by atoms with Gasteiger partial charge in [-0.15, -0.1) is 0 Å². The second kappa shape index (κ2) is 6.85. The van der Waals surface area contributed by atoms with Crippen molar-refractivity contribution >= 4 is 15.7 Å². The summed E-state index contributed by atoms with van der Waals surface area (Å²) in [5.74, 6) is 0.0461. The molecule has 1 atom stereocenters. The third-order valence-corrected chi connectivity index (χ3v) is 3.98. The van der Waals surface area contributed by atoms with Gasteiger partial charge in [0.05, 0.1) is 17.5 Å². The van der Waals surface area contributed by atoms with Gasteiger partial charge in [-0.1, -0.05) is 13.8 Å². The average Bonchev–Trinajstić information content (AvgIpc) is 2.36. The fraction of sp³-hybridized carbons (Fsp3) is 0.500. The lowest BCUT2D eigenvalue weighted by atomic mass is 10.0. The summed E-state index contributed by atoms with van der Waals surface area (Å²) in [4.78, 5) is 12.2. The van der Waals surface area contributed by atoms with Crippen LogP contribution in [0.2, 0.25) is 0 Å². The second-order valence-corrected chi connectivity index (χ2v) is 7.29. The van der Waals surface area contributed by atoms with E-state index in [4.69, 9.17) is 0 Å². The van der Waals surface area contributed by atoms with Gasteiger partial charge in [0.15, 0.2) is 9.84 Å². The largest absolute Gasteiger partial charge is 0.394 e. The molecule has 0 radical (unpaired) electrons. The van der Waals surface area contributed by atoms with E-state index in [9.17, 15) is 18.3 Å². The zero-order valence-corrected chi connectivity index (χ0v) is 12.8. The molecule has 0 fully saturated rings. The summed E-state index contributed by atoms with van der Waals surface area (Å²) in [5, 5.41) is 12.0. The maximum atomic E-state index is 12.0. The van der Waals surface area contributed by atoms with Crippen molar-refractivity contribution in [1.82, 2.24) is 5.32 Å². The van der Waals surface area contributed by atoms with Crippen LogP contribution in [0, 0.1) is 5.92 Å². The van der Waals surface area contributed by atoms with Gasteiger partial charge < -0.3 is 10.4 Å². The molecule has 1 aromatic rings. The van der Waals surface area contributed by atoms with Gasteiger partial charge in [-0.2, -0.15) is 0 Å². The van der Waals surface area contributed by atoms with E-state index in [0.29, 0.717) is 17.9 Å². The molecule has 5 nitrogen and oxygen atoms in total. The molecule has 0 aliphatic rings. The van der Waals surface area contributed by atoms with Gasteiger partial charge in [0.25, 0.3) is 5.91 Å². The number of carbonyl (C=O) groups is 1. The summed E-state index contributed by atoms with van der Waals surface area (Å²) in [7, 11) is -3.26. The molecule has 0 aliphatic carbocycles. The van der Waals surface area contributed by atoms with Gasteiger partial charge in [-0.25, -0.2) is 8.42 Å². The van der Waals surface area contributed by atoms with Crippen LogP contribution in [0.4, 0.5) is 0 Å². The normalized spacial score (nSPS) is 13.2. The van der Waals surface area contributed by atoms with E-state index < -0.39 is 9.84 Å². The van der Waals surface area contributed by atoms with Crippen LogP contribution in [0.3, 0.4) is 0 Å². The molecule has 20 heavy (non-hydrogen) atoms. The molecule has 0 spiro atoms. The van der Waals surface area contributed by atoms with Crippen LogP contribution in [0.25, 0.3) is 0 Å². The molecule has 2 N–H and O–H groups in total. The molecule has 0 aromatic heterocycles. The minimum Gasteiger partial charge on any atom is -0.394 e. The Morgan fingerprint density at radius 2 is 1.80 bits per heavy atom. The highest BCUT2D eigenvalue weighted by atomic mass is 32.2. The molecular weight excluding hydrogens is 278 g/mol. The Hall–Kier alpha value is -1.40. The molecule has 0 aliphatic heterocycles. The quantitative estimate of drug-likeness (QED) is 0.827. The van der Waals surface area contributed by atoms with Crippen molar-refractivity contribution in [2.24, 2.45) is 5.92 Å². The summed E-state index contributed by atoms with van der Waals surface area (Å²) in [6, 6.07) is 5.45. The lowest BCUT2D eigenvalue weighted by Crippen LogP contribution is -2.38. The smallest absolute Gasteiger partial charge is 0.251 e. The number of aliphatic hydroxyl groups excluding tert-OH is 1. The Labute approximate surface area is 119 Å². The molecule has 1 rings (SSSR count). The lowest BCUT2D eigenvalue weighted by molar-refractivity contribution is 0.0908. The number of nitrogens with one attached hydrogen (secondary N) is 1. The molecule has 1 unspecified atom stereocenters. The fourth-order valence-electron chi connectivity index (χ4n) is 1.87. The first kappa shape index (κ1) is 16.7. The maximum absolute atomic E-state index is 12.0. The summed E-state index contributed by atoms with van der Waals surface area (Å²) >= 11 is 0. The number of hydrogen-bond donors (Lipinski definition) is 2. The highest BCUT2D eigenvalue weighted by molar-refractivity contribution is 7.90. The van der Waals surface area contributed by atoms with E-state index in [1.807, 2.05) is 13.8 Å². The lowest BCUT2D eigenvalue weighted by Gasteiger charge is -2.18. The van der Waals surface area contributed by atoms with Crippen LogP contribution in [-0.2, 0) is 9.84 Å². The van der Waals surface area contributed by atoms with E-state index in [0.717, 1.165) is 6.26 Å². The molecule has 0 saturated heterocycles. The Bertz CT molecular complexity index is 549. The van der Waals surface area contributed by atoms with Gasteiger partial charge >= 0.3 is 0 Å². The summed E-state index contributed by atoms with van der Waals surface area (Å²) in [6.07, 6.45) is 1.80. The predicted octanol–water partition coefficient (Wildman–Crippen LogP) is 1.23. The van der Waals surface area contributed by atoms with E-state index >= 15 is 0 Å². The Morgan fingerprint density at radius 1 is 1.25 bits per heavy atom. The highest BCUT2D eigenvalue weighted by Crippen LogP contribution is 2.11. The van der Waals surface area contributed by atoms with Crippen molar-refractivity contribution in [3.8, 4) is 0 Å². The van der Waals surface area contributed by atoms with E-state index in [-0.39, 0.29) is 23.5 Å². The minimum absolute atomic E-state index is 0.120. The van der Waals surface area contributed by atoms with Crippen LogP contribution >= 0.6 is 0 Å². The Kier molecular flexibility index (Phi) is 5.71. The fourth-order valence-corrected chi connectivity index (χ4v) is 2.50. The van der Waals surface area contributed by atoms with Crippen LogP contribution in [0.15, 0.2) is 29.2 Å². The van der Waals surface area contributed by atoms with Crippen molar-refractivity contribution < 1.29 is 18.3 Å². The topological polar surface area (TPSA) is 83.5 Å². The number of carbonyl (C=O) groups excluding carboxylic acids is 1. The number of amides is 1. The molecular formula is C14H21NO4S. The van der Waals surface area contributed by atoms with Crippen LogP contribution in [0.5, 0.6) is 0 Å². The molecule has 0 bridgehead atoms. The number of aliphatic hydroxyl groups is 1. The second-order valence-electron chi connectivity index (χ2n) is 5.28. The standard InChI is InChI=1S/C14H21NO4S/c1-10(2)8-12(9-16)15-14(17)11-4-6-13(7-5-11)20(3,18)19/h4-7,10,12,16H,8-9H2,1-3H3,(H,15,17). The van der Waals surface area contributed by atoms with Crippen molar-refractivity contribution in [3.05, 3.63) is 29.8 Å². The molecule has 6 heteroatoms. The number of hydrogen-bond acceptors (Lipinski definition) is 4. The first-order chi connectivity index (χ1) is 9.24. The van der Waals surface area contributed by atoms with Gasteiger partial charge in [0, 0.05) is 11.8 Å². The number of rotatable bonds is 6. The van der Waals surface area contributed by atoms with Gasteiger partial charge in [0.2, 0.25) is 0 Å². The van der Waals surface area contributed by atoms with Crippen molar-refractivity contribution in [3.63, 3.8) is 0 Å². The monoisotopic (exact) mass is 299 g/mol. The van der Waals surface area contributed by atoms with Gasteiger partial charge in [0.1, 0.15) is 0 Å². The highest BCUT2D eigenvalue weighted by Gasteiger charge is 2.15. The summed E-state index contributed by atoms with van der Waals surface area (Å²) in [5.41, 5.74) is 0.375. The molecule has 0 heterocycles. The molecule has 1 amide bonds. The Morgan fingerprint density at radius 3 is 2.20 bits per heavy atom. The van der Waals surface area contributed by atoms with Crippen molar-refractivity contribution in [2.45, 2.75) is 31.2 Å². The predicted molar refractivity (Wildman–Crippen MR) is 77.3 cm³/mol. The molecule has 1 aromatic carbocycles.